The van der Waals surface area contributed by atoms with Crippen molar-refractivity contribution in [3.05, 3.63) is 11.9 Å². The van der Waals surface area contributed by atoms with Gasteiger partial charge in [-0.05, 0) is 12.8 Å². The molecule has 0 saturated heterocycles. The van der Waals surface area contributed by atoms with Gasteiger partial charge in [-0.3, -0.25) is 0 Å². The van der Waals surface area contributed by atoms with E-state index in [0.29, 0.717) is 11.7 Å². The van der Waals surface area contributed by atoms with Crippen molar-refractivity contribution < 1.29 is 8.42 Å². The van der Waals surface area contributed by atoms with Crippen LogP contribution in [0.1, 0.15) is 24.6 Å². The molecule has 6 heteroatoms. The zero-order chi connectivity index (χ0) is 10.3. The number of nitrogens with zero attached hydrogens (tertiary/aromatic N) is 2. The number of hydrogen-bond donors (Lipinski definition) is 1. The van der Waals surface area contributed by atoms with Gasteiger partial charge in [0, 0.05) is 18.2 Å². The third kappa shape index (κ3) is 1.84. The maximum absolute atomic E-state index is 11.2. The Morgan fingerprint density at radius 2 is 2.07 bits per heavy atom. The van der Waals surface area contributed by atoms with Crippen LogP contribution in [-0.4, -0.2) is 24.6 Å². The van der Waals surface area contributed by atoms with Gasteiger partial charge in [0.05, 0.1) is 0 Å². The normalized spacial score (nSPS) is 16.9. The highest BCUT2D eigenvalue weighted by molar-refractivity contribution is 7.90. The van der Waals surface area contributed by atoms with Crippen molar-refractivity contribution in [2.75, 3.05) is 12.0 Å². The number of hydrogen-bond acceptors (Lipinski definition) is 5. The van der Waals surface area contributed by atoms with Gasteiger partial charge in [0.2, 0.25) is 0 Å². The van der Waals surface area contributed by atoms with Gasteiger partial charge in [-0.25, -0.2) is 18.4 Å². The molecule has 1 heterocycles. The van der Waals surface area contributed by atoms with Crippen LogP contribution in [0.25, 0.3) is 0 Å². The fraction of sp³-hybridized carbons (Fsp3) is 0.500. The second kappa shape index (κ2) is 2.91. The summed E-state index contributed by atoms with van der Waals surface area (Å²) in [4.78, 5) is 8.00. The van der Waals surface area contributed by atoms with E-state index in [1.807, 2.05) is 0 Å². The van der Waals surface area contributed by atoms with Crippen LogP contribution in [0.3, 0.4) is 0 Å². The molecule has 2 rings (SSSR count). The van der Waals surface area contributed by atoms with Crippen LogP contribution in [0.2, 0.25) is 0 Å². The van der Waals surface area contributed by atoms with Crippen molar-refractivity contribution >= 4 is 15.7 Å². The lowest BCUT2D eigenvalue weighted by molar-refractivity contribution is 0.597. The van der Waals surface area contributed by atoms with Crippen molar-refractivity contribution in [2.45, 2.75) is 23.8 Å². The van der Waals surface area contributed by atoms with Gasteiger partial charge in [0.15, 0.2) is 14.9 Å². The van der Waals surface area contributed by atoms with E-state index in [0.717, 1.165) is 19.1 Å². The van der Waals surface area contributed by atoms with Crippen LogP contribution in [0, 0.1) is 0 Å². The molecule has 1 aromatic heterocycles. The van der Waals surface area contributed by atoms with Gasteiger partial charge in [0.25, 0.3) is 0 Å². The second-order valence-corrected chi connectivity index (χ2v) is 5.50. The van der Waals surface area contributed by atoms with Gasteiger partial charge in [-0.2, -0.15) is 0 Å². The number of sulfone groups is 1. The molecular formula is C8H11N3O2S. The van der Waals surface area contributed by atoms with E-state index < -0.39 is 9.84 Å². The summed E-state index contributed by atoms with van der Waals surface area (Å²) in [6, 6.07) is 1.29. The minimum atomic E-state index is -3.28. The van der Waals surface area contributed by atoms with Crippen molar-refractivity contribution in [2.24, 2.45) is 0 Å². The summed E-state index contributed by atoms with van der Waals surface area (Å²) in [5.41, 5.74) is 5.51. The molecule has 1 fully saturated rings. The average molecular weight is 213 g/mol. The molecule has 0 bridgehead atoms. The number of aromatic nitrogens is 2. The number of nitrogen functional groups attached to an aromatic ring is 1. The predicted octanol–water partition coefficient (Wildman–Crippen LogP) is 0.340. The third-order valence-corrected chi connectivity index (χ3v) is 3.03. The van der Waals surface area contributed by atoms with Gasteiger partial charge in [-0.15, -0.1) is 0 Å². The van der Waals surface area contributed by atoms with E-state index in [1.165, 1.54) is 6.07 Å². The molecule has 1 aliphatic rings. The lowest BCUT2D eigenvalue weighted by Crippen LogP contribution is -2.06. The summed E-state index contributed by atoms with van der Waals surface area (Å²) < 4.78 is 22.5. The third-order valence-electron chi connectivity index (χ3n) is 2.06. The van der Waals surface area contributed by atoms with E-state index in [9.17, 15) is 8.42 Å². The Bertz CT molecular complexity index is 465. The zero-order valence-corrected chi connectivity index (χ0v) is 8.58. The minimum Gasteiger partial charge on any atom is -0.384 e. The van der Waals surface area contributed by atoms with Crippen LogP contribution in [0.15, 0.2) is 11.1 Å². The molecule has 76 valence electrons. The summed E-state index contributed by atoms with van der Waals surface area (Å²) in [6.45, 7) is 0. The van der Waals surface area contributed by atoms with E-state index in [1.54, 1.807) is 0 Å². The number of anilines is 1. The van der Waals surface area contributed by atoms with E-state index in [4.69, 9.17) is 5.73 Å². The fourth-order valence-corrected chi connectivity index (χ4v) is 1.77. The molecule has 0 unspecified atom stereocenters. The molecule has 0 aromatic carbocycles. The highest BCUT2D eigenvalue weighted by Crippen LogP contribution is 2.38. The van der Waals surface area contributed by atoms with E-state index in [-0.39, 0.29) is 10.8 Å². The van der Waals surface area contributed by atoms with Crippen molar-refractivity contribution in [1.29, 1.82) is 0 Å². The van der Waals surface area contributed by atoms with Crippen molar-refractivity contribution in [1.82, 2.24) is 9.97 Å². The standard InChI is InChI=1S/C8H11N3O2S/c1-14(12,13)7-4-6(9)10-8(11-7)5-2-3-5/h4-5H,2-3H2,1H3,(H2,9,10,11). The summed E-state index contributed by atoms with van der Waals surface area (Å²) in [6.07, 6.45) is 3.16. The number of nitrogens with two attached hydrogens (primary N) is 1. The SMILES string of the molecule is CS(=O)(=O)c1cc(N)nc(C2CC2)n1. The highest BCUT2D eigenvalue weighted by Gasteiger charge is 2.28. The summed E-state index contributed by atoms with van der Waals surface area (Å²) in [5, 5.41) is 0.0203. The summed E-state index contributed by atoms with van der Waals surface area (Å²) in [5.74, 6) is 1.09. The maximum atomic E-state index is 11.2. The summed E-state index contributed by atoms with van der Waals surface area (Å²) in [7, 11) is -3.28. The lowest BCUT2D eigenvalue weighted by Gasteiger charge is -2.02. The number of rotatable bonds is 2. The molecular weight excluding hydrogens is 202 g/mol. The quantitative estimate of drug-likeness (QED) is 0.716. The Morgan fingerprint density at radius 3 is 2.57 bits per heavy atom. The van der Waals surface area contributed by atoms with Crippen molar-refractivity contribution in [3.63, 3.8) is 0 Å². The average Bonchev–Trinajstić information content (AvgIpc) is 2.83. The monoisotopic (exact) mass is 213 g/mol. The topological polar surface area (TPSA) is 85.9 Å². The van der Waals surface area contributed by atoms with E-state index >= 15 is 0 Å². The maximum Gasteiger partial charge on any atom is 0.192 e. The first-order chi connectivity index (χ1) is 6.47. The Labute approximate surface area is 82.3 Å². The van der Waals surface area contributed by atoms with Gasteiger partial charge in [0.1, 0.15) is 11.6 Å². The van der Waals surface area contributed by atoms with Crippen molar-refractivity contribution in [3.8, 4) is 0 Å². The largest absolute Gasteiger partial charge is 0.384 e. The van der Waals surface area contributed by atoms with Crippen LogP contribution >= 0.6 is 0 Å². The Kier molecular flexibility index (Phi) is 1.95. The molecule has 0 radical (unpaired) electrons. The Balaban J connectivity index is 2.51. The zero-order valence-electron chi connectivity index (χ0n) is 7.77. The fourth-order valence-electron chi connectivity index (χ4n) is 1.18. The highest BCUT2D eigenvalue weighted by atomic mass is 32.2. The molecule has 1 saturated carbocycles. The molecule has 2 N–H and O–H groups in total. The first-order valence-electron chi connectivity index (χ1n) is 4.31. The predicted molar refractivity (Wildman–Crippen MR) is 51.5 cm³/mol. The van der Waals surface area contributed by atoms with E-state index in [2.05, 4.69) is 9.97 Å². The van der Waals surface area contributed by atoms with Crippen LogP contribution < -0.4 is 5.73 Å². The summed E-state index contributed by atoms with van der Waals surface area (Å²) >= 11 is 0. The van der Waals surface area contributed by atoms with Gasteiger partial charge < -0.3 is 5.73 Å². The molecule has 0 amide bonds. The van der Waals surface area contributed by atoms with Crippen LogP contribution in [0.5, 0.6) is 0 Å². The smallest absolute Gasteiger partial charge is 0.192 e. The molecule has 1 aliphatic carbocycles. The lowest BCUT2D eigenvalue weighted by atomic mass is 10.4. The molecule has 0 atom stereocenters. The molecule has 0 spiro atoms. The van der Waals surface area contributed by atoms with Gasteiger partial charge >= 0.3 is 0 Å². The van der Waals surface area contributed by atoms with Crippen LogP contribution in [0.4, 0.5) is 5.82 Å². The molecule has 1 aromatic rings. The molecule has 14 heavy (non-hydrogen) atoms. The minimum absolute atomic E-state index is 0.0203. The second-order valence-electron chi connectivity index (χ2n) is 3.54. The first kappa shape index (κ1) is 9.39. The van der Waals surface area contributed by atoms with Gasteiger partial charge in [-0.1, -0.05) is 0 Å². The first-order valence-corrected chi connectivity index (χ1v) is 6.20. The molecule has 0 aliphatic heterocycles. The Morgan fingerprint density at radius 1 is 1.43 bits per heavy atom. The Hall–Kier alpha value is -1.17. The molecule has 5 nitrogen and oxygen atoms in total. The van der Waals surface area contributed by atoms with Crippen LogP contribution in [-0.2, 0) is 9.84 Å².